The van der Waals surface area contributed by atoms with Crippen LogP contribution in [0, 0.1) is 0 Å². The number of hydrogen-bond donors (Lipinski definition) is 1. The Labute approximate surface area is 89.9 Å². The van der Waals surface area contributed by atoms with Crippen molar-refractivity contribution >= 4 is 0 Å². The van der Waals surface area contributed by atoms with Crippen LogP contribution >= 0.6 is 0 Å². The van der Waals surface area contributed by atoms with Crippen molar-refractivity contribution in [3.05, 3.63) is 34.9 Å². The topological polar surface area (TPSA) is 29.5 Å². The van der Waals surface area contributed by atoms with Gasteiger partial charge in [0.25, 0.3) is 0 Å². The van der Waals surface area contributed by atoms with Crippen LogP contribution in [0.2, 0.25) is 0 Å². The fourth-order valence-corrected chi connectivity index (χ4v) is 2.38. The van der Waals surface area contributed by atoms with Crippen molar-refractivity contribution in [1.82, 2.24) is 0 Å². The normalized spacial score (nSPS) is 22.2. The molecule has 1 heterocycles. The van der Waals surface area contributed by atoms with Gasteiger partial charge in [-0.1, -0.05) is 18.2 Å². The highest BCUT2D eigenvalue weighted by atomic mass is 16.5. The minimum absolute atomic E-state index is 0.104. The number of fused-ring (bicyclic) bond motifs is 1. The summed E-state index contributed by atoms with van der Waals surface area (Å²) < 4.78 is 5.41. The highest BCUT2D eigenvalue weighted by Gasteiger charge is 2.43. The molecule has 0 saturated heterocycles. The molecule has 1 N–H and O–H groups in total. The molecule has 2 aliphatic rings. The van der Waals surface area contributed by atoms with Crippen molar-refractivity contribution in [1.29, 1.82) is 0 Å². The number of hydrogen-bond acceptors (Lipinski definition) is 2. The van der Waals surface area contributed by atoms with Crippen molar-refractivity contribution in [3.8, 4) is 0 Å². The van der Waals surface area contributed by atoms with E-state index in [2.05, 4.69) is 18.2 Å². The summed E-state index contributed by atoms with van der Waals surface area (Å²) in [5.74, 6) is 0. The summed E-state index contributed by atoms with van der Waals surface area (Å²) >= 11 is 0. The van der Waals surface area contributed by atoms with E-state index in [1.807, 2.05) is 0 Å². The van der Waals surface area contributed by atoms with Crippen molar-refractivity contribution in [2.45, 2.75) is 31.3 Å². The van der Waals surface area contributed by atoms with E-state index >= 15 is 0 Å². The fourth-order valence-electron chi connectivity index (χ4n) is 2.38. The molecule has 1 aromatic carbocycles. The SMILES string of the molecule is OCC1(c2ccc3c(c2)CCOC3)CC1. The monoisotopic (exact) mass is 204 g/mol. The van der Waals surface area contributed by atoms with Gasteiger partial charge in [0.15, 0.2) is 0 Å². The Bertz CT molecular complexity index is 380. The molecule has 1 fully saturated rings. The molecule has 0 atom stereocenters. The maximum atomic E-state index is 9.39. The van der Waals surface area contributed by atoms with Gasteiger partial charge in [-0.25, -0.2) is 0 Å². The van der Waals surface area contributed by atoms with Crippen LogP contribution in [-0.4, -0.2) is 18.3 Å². The molecule has 0 spiro atoms. The van der Waals surface area contributed by atoms with Crippen LogP contribution in [0.15, 0.2) is 18.2 Å². The second kappa shape index (κ2) is 3.32. The standard InChI is InChI=1S/C13H16O2/c14-9-13(4-5-13)12-2-1-11-8-15-6-3-10(11)7-12/h1-2,7,14H,3-6,8-9H2. The molecule has 0 radical (unpaired) electrons. The highest BCUT2D eigenvalue weighted by molar-refractivity contribution is 5.39. The maximum Gasteiger partial charge on any atom is 0.0719 e. The summed E-state index contributed by atoms with van der Waals surface area (Å²) in [4.78, 5) is 0. The van der Waals surface area contributed by atoms with Crippen LogP contribution in [0.25, 0.3) is 0 Å². The maximum absolute atomic E-state index is 9.39. The average Bonchev–Trinajstić information content (AvgIpc) is 3.09. The number of ether oxygens (including phenoxy) is 1. The van der Waals surface area contributed by atoms with Gasteiger partial charge in [-0.3, -0.25) is 0 Å². The highest BCUT2D eigenvalue weighted by Crippen LogP contribution is 2.48. The molecule has 1 aliphatic carbocycles. The van der Waals surface area contributed by atoms with Crippen molar-refractivity contribution in [2.24, 2.45) is 0 Å². The second-order valence-electron chi connectivity index (χ2n) is 4.72. The first kappa shape index (κ1) is 9.37. The van der Waals surface area contributed by atoms with Gasteiger partial charge < -0.3 is 9.84 Å². The van der Waals surface area contributed by atoms with E-state index in [-0.39, 0.29) is 5.41 Å². The van der Waals surface area contributed by atoms with Crippen molar-refractivity contribution < 1.29 is 9.84 Å². The van der Waals surface area contributed by atoms with Gasteiger partial charge in [-0.2, -0.15) is 0 Å². The third-order valence-corrected chi connectivity index (χ3v) is 3.75. The van der Waals surface area contributed by atoms with Crippen LogP contribution < -0.4 is 0 Å². The van der Waals surface area contributed by atoms with Crippen LogP contribution in [0.1, 0.15) is 29.5 Å². The van der Waals surface area contributed by atoms with Crippen LogP contribution in [0.5, 0.6) is 0 Å². The zero-order valence-corrected chi connectivity index (χ0v) is 8.83. The summed E-state index contributed by atoms with van der Waals surface area (Å²) in [5, 5.41) is 9.39. The largest absolute Gasteiger partial charge is 0.395 e. The zero-order chi connectivity index (χ0) is 10.3. The van der Waals surface area contributed by atoms with E-state index in [4.69, 9.17) is 4.74 Å². The molecular formula is C13H16O2. The molecule has 0 bridgehead atoms. The lowest BCUT2D eigenvalue weighted by Crippen LogP contribution is -2.15. The molecule has 1 aliphatic heterocycles. The van der Waals surface area contributed by atoms with Gasteiger partial charge in [0, 0.05) is 5.41 Å². The average molecular weight is 204 g/mol. The molecule has 0 unspecified atom stereocenters. The van der Waals surface area contributed by atoms with Gasteiger partial charge >= 0.3 is 0 Å². The molecule has 15 heavy (non-hydrogen) atoms. The van der Waals surface area contributed by atoms with E-state index in [0.717, 1.165) is 32.5 Å². The summed E-state index contributed by atoms with van der Waals surface area (Å²) in [6, 6.07) is 6.61. The summed E-state index contributed by atoms with van der Waals surface area (Å²) in [6.07, 6.45) is 3.29. The molecule has 0 aromatic heterocycles. The molecule has 1 saturated carbocycles. The minimum Gasteiger partial charge on any atom is -0.395 e. The Hall–Kier alpha value is -0.860. The Morgan fingerprint density at radius 2 is 2.13 bits per heavy atom. The van der Waals surface area contributed by atoms with E-state index in [1.54, 1.807) is 0 Å². The number of aliphatic hydroxyl groups is 1. The molecule has 80 valence electrons. The number of benzene rings is 1. The molecule has 0 amide bonds. The van der Waals surface area contributed by atoms with Crippen molar-refractivity contribution in [3.63, 3.8) is 0 Å². The molecular weight excluding hydrogens is 188 g/mol. The lowest BCUT2D eigenvalue weighted by atomic mass is 9.91. The first-order chi connectivity index (χ1) is 7.34. The van der Waals surface area contributed by atoms with Gasteiger partial charge in [-0.15, -0.1) is 0 Å². The lowest BCUT2D eigenvalue weighted by Gasteiger charge is -2.20. The van der Waals surface area contributed by atoms with E-state index in [9.17, 15) is 5.11 Å². The van der Waals surface area contributed by atoms with E-state index < -0.39 is 0 Å². The zero-order valence-electron chi connectivity index (χ0n) is 8.83. The molecule has 2 heteroatoms. The second-order valence-corrected chi connectivity index (χ2v) is 4.72. The van der Waals surface area contributed by atoms with E-state index in [0.29, 0.717) is 6.61 Å². The van der Waals surface area contributed by atoms with Gasteiger partial charge in [0.2, 0.25) is 0 Å². The number of rotatable bonds is 2. The smallest absolute Gasteiger partial charge is 0.0719 e. The summed E-state index contributed by atoms with van der Waals surface area (Å²) in [7, 11) is 0. The van der Waals surface area contributed by atoms with Crippen LogP contribution in [0.3, 0.4) is 0 Å². The minimum atomic E-state index is 0.104. The Balaban J connectivity index is 1.97. The summed E-state index contributed by atoms with van der Waals surface area (Å²) in [5.41, 5.74) is 4.16. The van der Waals surface area contributed by atoms with E-state index in [1.165, 1.54) is 16.7 Å². The van der Waals surface area contributed by atoms with Crippen LogP contribution in [0.4, 0.5) is 0 Å². The van der Waals surface area contributed by atoms with Crippen molar-refractivity contribution in [2.75, 3.05) is 13.2 Å². The quantitative estimate of drug-likeness (QED) is 0.795. The molecule has 1 aromatic rings. The number of aliphatic hydroxyl groups excluding tert-OH is 1. The Morgan fingerprint density at radius 1 is 1.27 bits per heavy atom. The molecule has 3 rings (SSSR count). The van der Waals surface area contributed by atoms with Gasteiger partial charge in [-0.05, 0) is 36.0 Å². The van der Waals surface area contributed by atoms with Gasteiger partial charge in [0.1, 0.15) is 0 Å². The fraction of sp³-hybridized carbons (Fsp3) is 0.538. The first-order valence-electron chi connectivity index (χ1n) is 5.65. The Kier molecular flexibility index (Phi) is 2.08. The van der Waals surface area contributed by atoms with Crippen LogP contribution in [-0.2, 0) is 23.2 Å². The van der Waals surface area contributed by atoms with Gasteiger partial charge in [0.05, 0.1) is 19.8 Å². The lowest BCUT2D eigenvalue weighted by molar-refractivity contribution is 0.110. The third-order valence-electron chi connectivity index (χ3n) is 3.75. The first-order valence-corrected chi connectivity index (χ1v) is 5.65. The summed E-state index contributed by atoms with van der Waals surface area (Å²) in [6.45, 7) is 1.88. The Morgan fingerprint density at radius 3 is 2.87 bits per heavy atom. The predicted octanol–water partition coefficient (Wildman–Crippen LogP) is 1.78. The third kappa shape index (κ3) is 1.48. The molecule has 2 nitrogen and oxygen atoms in total. The predicted molar refractivity (Wildman–Crippen MR) is 57.8 cm³/mol.